The molecule has 2 amide bonds. The molecule has 0 spiro atoms. The molecule has 2 N–H and O–H groups in total. The lowest BCUT2D eigenvalue weighted by Crippen LogP contribution is -2.33. The van der Waals surface area contributed by atoms with Gasteiger partial charge in [-0.2, -0.15) is 5.10 Å². The summed E-state index contributed by atoms with van der Waals surface area (Å²) in [6.07, 6.45) is 5.28. The third-order valence-electron chi connectivity index (χ3n) is 4.61. The molecule has 0 aliphatic rings. The van der Waals surface area contributed by atoms with Gasteiger partial charge >= 0.3 is 0 Å². The maximum Gasteiger partial charge on any atom is 0.287 e. The van der Waals surface area contributed by atoms with Gasteiger partial charge in [-0.1, -0.05) is 66.7 Å². The minimum Gasteiger partial charge on any atom is -0.497 e. The molecule has 0 radical (unpaired) electrons. The van der Waals surface area contributed by atoms with Gasteiger partial charge in [0.15, 0.2) is 0 Å². The van der Waals surface area contributed by atoms with Crippen molar-refractivity contribution in [2.45, 2.75) is 6.92 Å². The van der Waals surface area contributed by atoms with Crippen molar-refractivity contribution < 1.29 is 14.3 Å². The first-order valence-corrected chi connectivity index (χ1v) is 10.3. The third-order valence-corrected chi connectivity index (χ3v) is 4.61. The Balaban J connectivity index is 1.78. The second-order valence-electron chi connectivity index (χ2n) is 7.09. The zero-order valence-electron chi connectivity index (χ0n) is 18.5. The Morgan fingerprint density at radius 3 is 2.12 bits per heavy atom. The summed E-state index contributed by atoms with van der Waals surface area (Å²) in [6.45, 7) is 1.77. The fourth-order valence-electron chi connectivity index (χ4n) is 2.83. The zero-order chi connectivity index (χ0) is 23.5. The molecule has 3 rings (SSSR count). The normalized spacial score (nSPS) is 11.8. The van der Waals surface area contributed by atoms with E-state index in [2.05, 4.69) is 15.8 Å². The SMILES string of the molecule is COc1ccc(C=C(NC(=O)c2ccccc2)C(=O)NN=C(C)C=Cc2ccccc2)cc1. The minimum absolute atomic E-state index is 0.0672. The molecule has 0 aliphatic carbocycles. The van der Waals surface area contributed by atoms with E-state index in [1.165, 1.54) is 0 Å². The molecular formula is C27H25N3O3. The number of carbonyl (C=O) groups excluding carboxylic acids is 2. The number of allylic oxidation sites excluding steroid dienone is 1. The number of ether oxygens (including phenoxy) is 1. The summed E-state index contributed by atoms with van der Waals surface area (Å²) in [4.78, 5) is 25.5. The lowest BCUT2D eigenvalue weighted by molar-refractivity contribution is -0.117. The fraction of sp³-hybridized carbons (Fsp3) is 0.0741. The van der Waals surface area contributed by atoms with Crippen LogP contribution >= 0.6 is 0 Å². The number of amides is 2. The Labute approximate surface area is 193 Å². The molecule has 3 aromatic rings. The van der Waals surface area contributed by atoms with Crippen LogP contribution in [-0.4, -0.2) is 24.6 Å². The summed E-state index contributed by atoms with van der Waals surface area (Å²) in [5, 5.41) is 6.81. The van der Waals surface area contributed by atoms with Crippen LogP contribution in [0.15, 0.2) is 102 Å². The minimum atomic E-state index is -0.539. The van der Waals surface area contributed by atoms with Gasteiger partial charge in [0.05, 0.1) is 12.8 Å². The van der Waals surface area contributed by atoms with Gasteiger partial charge in [-0.15, -0.1) is 0 Å². The first kappa shape index (κ1) is 23.2. The van der Waals surface area contributed by atoms with E-state index in [0.29, 0.717) is 17.0 Å². The van der Waals surface area contributed by atoms with Crippen molar-refractivity contribution in [1.82, 2.24) is 10.7 Å². The average Bonchev–Trinajstić information content (AvgIpc) is 2.87. The molecule has 0 aliphatic heterocycles. The van der Waals surface area contributed by atoms with E-state index < -0.39 is 11.8 Å². The number of hydrogen-bond acceptors (Lipinski definition) is 4. The van der Waals surface area contributed by atoms with Crippen LogP contribution in [0.2, 0.25) is 0 Å². The molecule has 0 bridgehead atoms. The second kappa shape index (κ2) is 11.8. The molecular weight excluding hydrogens is 414 g/mol. The van der Waals surface area contributed by atoms with Crippen LogP contribution in [0.1, 0.15) is 28.4 Å². The maximum absolute atomic E-state index is 12.9. The lowest BCUT2D eigenvalue weighted by Gasteiger charge is -2.10. The molecule has 0 unspecified atom stereocenters. The molecule has 0 atom stereocenters. The van der Waals surface area contributed by atoms with Gasteiger partial charge in [-0.05, 0) is 54.5 Å². The highest BCUT2D eigenvalue weighted by atomic mass is 16.5. The second-order valence-corrected chi connectivity index (χ2v) is 7.09. The summed E-state index contributed by atoms with van der Waals surface area (Å²) in [5.74, 6) is -0.241. The van der Waals surface area contributed by atoms with Crippen molar-refractivity contribution in [3.8, 4) is 5.75 Å². The van der Waals surface area contributed by atoms with Crippen LogP contribution in [0.25, 0.3) is 12.2 Å². The number of hydrazone groups is 1. The molecule has 0 heterocycles. The highest BCUT2D eigenvalue weighted by molar-refractivity contribution is 6.06. The molecule has 3 aromatic carbocycles. The van der Waals surface area contributed by atoms with Crippen molar-refractivity contribution in [2.75, 3.05) is 7.11 Å². The van der Waals surface area contributed by atoms with E-state index in [0.717, 1.165) is 11.1 Å². The Morgan fingerprint density at radius 1 is 0.848 bits per heavy atom. The van der Waals surface area contributed by atoms with E-state index in [4.69, 9.17) is 4.74 Å². The largest absolute Gasteiger partial charge is 0.497 e. The van der Waals surface area contributed by atoms with Gasteiger partial charge < -0.3 is 10.1 Å². The van der Waals surface area contributed by atoms with Crippen molar-refractivity contribution in [3.63, 3.8) is 0 Å². The van der Waals surface area contributed by atoms with Gasteiger partial charge in [0.25, 0.3) is 11.8 Å². The summed E-state index contributed by atoms with van der Waals surface area (Å²) in [7, 11) is 1.58. The highest BCUT2D eigenvalue weighted by Gasteiger charge is 2.14. The zero-order valence-corrected chi connectivity index (χ0v) is 18.5. The Kier molecular flexibility index (Phi) is 8.31. The van der Waals surface area contributed by atoms with Crippen molar-refractivity contribution in [2.24, 2.45) is 5.10 Å². The molecule has 0 saturated carbocycles. The quantitative estimate of drug-likeness (QED) is 0.304. The topological polar surface area (TPSA) is 79.8 Å². The Bertz CT molecular complexity index is 1170. The van der Waals surface area contributed by atoms with Crippen LogP contribution < -0.4 is 15.5 Å². The molecule has 6 nitrogen and oxygen atoms in total. The van der Waals surface area contributed by atoms with Gasteiger partial charge in [-0.3, -0.25) is 9.59 Å². The summed E-state index contributed by atoms with van der Waals surface area (Å²) < 4.78 is 5.17. The Hall–Kier alpha value is -4.45. The molecule has 33 heavy (non-hydrogen) atoms. The van der Waals surface area contributed by atoms with Crippen LogP contribution in [0.5, 0.6) is 5.75 Å². The first-order chi connectivity index (χ1) is 16.0. The lowest BCUT2D eigenvalue weighted by atomic mass is 10.1. The van der Waals surface area contributed by atoms with Gasteiger partial charge in [0.2, 0.25) is 0 Å². The summed E-state index contributed by atoms with van der Waals surface area (Å²) in [6, 6.07) is 25.6. The summed E-state index contributed by atoms with van der Waals surface area (Å²) in [5.41, 5.74) is 5.36. The molecule has 0 saturated heterocycles. The van der Waals surface area contributed by atoms with Crippen molar-refractivity contribution in [1.29, 1.82) is 0 Å². The van der Waals surface area contributed by atoms with E-state index >= 15 is 0 Å². The smallest absolute Gasteiger partial charge is 0.287 e. The number of nitrogens with zero attached hydrogens (tertiary/aromatic N) is 1. The Morgan fingerprint density at radius 2 is 1.48 bits per heavy atom. The predicted molar refractivity (Wildman–Crippen MR) is 132 cm³/mol. The van der Waals surface area contributed by atoms with E-state index in [1.54, 1.807) is 74.7 Å². The van der Waals surface area contributed by atoms with E-state index in [-0.39, 0.29) is 5.70 Å². The number of hydrogen-bond donors (Lipinski definition) is 2. The number of methoxy groups -OCH3 is 1. The predicted octanol–water partition coefficient (Wildman–Crippen LogP) is 4.67. The fourth-order valence-corrected chi connectivity index (χ4v) is 2.83. The van der Waals surface area contributed by atoms with Crippen molar-refractivity contribution >= 4 is 29.7 Å². The number of nitrogens with one attached hydrogen (secondary N) is 2. The maximum atomic E-state index is 12.9. The number of rotatable bonds is 8. The first-order valence-electron chi connectivity index (χ1n) is 10.3. The van der Waals surface area contributed by atoms with Crippen LogP contribution in [0.3, 0.4) is 0 Å². The average molecular weight is 440 g/mol. The van der Waals surface area contributed by atoms with E-state index in [9.17, 15) is 9.59 Å². The van der Waals surface area contributed by atoms with E-state index in [1.807, 2.05) is 42.5 Å². The highest BCUT2D eigenvalue weighted by Crippen LogP contribution is 2.14. The molecule has 166 valence electrons. The molecule has 0 fully saturated rings. The van der Waals surface area contributed by atoms with Crippen LogP contribution in [0, 0.1) is 0 Å². The molecule has 0 aromatic heterocycles. The molecule has 6 heteroatoms. The van der Waals surface area contributed by atoms with Gasteiger partial charge in [0, 0.05) is 5.56 Å². The number of benzene rings is 3. The monoisotopic (exact) mass is 439 g/mol. The van der Waals surface area contributed by atoms with Crippen LogP contribution in [0.4, 0.5) is 0 Å². The standard InChI is InChI=1S/C27H25N3O3/c1-20(13-14-21-9-5-3-6-10-21)29-30-27(32)25(19-22-15-17-24(33-2)18-16-22)28-26(31)23-11-7-4-8-12-23/h3-19H,1-2H3,(H,28,31)(H,30,32). The van der Waals surface area contributed by atoms with Gasteiger partial charge in [0.1, 0.15) is 11.4 Å². The van der Waals surface area contributed by atoms with Crippen molar-refractivity contribution in [3.05, 3.63) is 113 Å². The van der Waals surface area contributed by atoms with Crippen LogP contribution in [-0.2, 0) is 4.79 Å². The third kappa shape index (κ3) is 7.33. The number of carbonyl (C=O) groups is 2. The summed E-state index contributed by atoms with van der Waals surface area (Å²) >= 11 is 0. The van der Waals surface area contributed by atoms with Gasteiger partial charge in [-0.25, -0.2) is 5.43 Å².